The van der Waals surface area contributed by atoms with Crippen LogP contribution in [0.4, 0.5) is 0 Å². The lowest BCUT2D eigenvalue weighted by Gasteiger charge is -2.25. The number of carbonyl (C=O) groups is 1. The van der Waals surface area contributed by atoms with E-state index in [1.165, 1.54) is 0 Å². The van der Waals surface area contributed by atoms with Gasteiger partial charge in [0.2, 0.25) is 11.7 Å². The molecule has 0 spiro atoms. The molecule has 1 aromatic heterocycles. The van der Waals surface area contributed by atoms with E-state index in [2.05, 4.69) is 26.1 Å². The predicted molar refractivity (Wildman–Crippen MR) is 105 cm³/mol. The topological polar surface area (TPSA) is 68.5 Å². The molecule has 0 radical (unpaired) electrons. The molecule has 7 heteroatoms. The summed E-state index contributed by atoms with van der Waals surface area (Å²) < 4.78 is 11.3. The maximum absolute atomic E-state index is 13.0. The number of methoxy groups -OCH3 is 1. The van der Waals surface area contributed by atoms with Gasteiger partial charge in [0.15, 0.2) is 0 Å². The minimum absolute atomic E-state index is 0.0269. The van der Waals surface area contributed by atoms with E-state index in [4.69, 9.17) is 9.26 Å². The second kappa shape index (κ2) is 8.35. The van der Waals surface area contributed by atoms with Gasteiger partial charge in [0.1, 0.15) is 12.3 Å². The summed E-state index contributed by atoms with van der Waals surface area (Å²) >= 11 is 3.44. The van der Waals surface area contributed by atoms with Gasteiger partial charge in [-0.3, -0.25) is 4.79 Å². The van der Waals surface area contributed by atoms with Crippen LogP contribution in [-0.4, -0.2) is 34.1 Å². The molecular weight excluding hydrogens is 410 g/mol. The maximum atomic E-state index is 13.0. The van der Waals surface area contributed by atoms with Gasteiger partial charge in [0.05, 0.1) is 12.7 Å². The zero-order chi connectivity index (χ0) is 19.4. The first kappa shape index (κ1) is 19.1. The fourth-order valence-electron chi connectivity index (χ4n) is 2.60. The normalized spacial score (nSPS) is 10.9. The molecule has 0 fully saturated rings. The number of aromatic nitrogens is 2. The molecule has 140 valence electrons. The number of carbonyl (C=O) groups excluding carboxylic acids is 1. The Morgan fingerprint density at radius 1 is 1.19 bits per heavy atom. The minimum Gasteiger partial charge on any atom is -0.497 e. The second-order valence-corrected chi connectivity index (χ2v) is 7.10. The van der Waals surface area contributed by atoms with Crippen molar-refractivity contribution in [1.29, 1.82) is 0 Å². The van der Waals surface area contributed by atoms with Gasteiger partial charge in [-0.05, 0) is 66.2 Å². The van der Waals surface area contributed by atoms with Crippen molar-refractivity contribution in [2.24, 2.45) is 0 Å². The number of hydrogen-bond donors (Lipinski definition) is 0. The van der Waals surface area contributed by atoms with Crippen LogP contribution in [0.1, 0.15) is 30.1 Å². The lowest BCUT2D eigenvalue weighted by molar-refractivity contribution is 0.0666. The van der Waals surface area contributed by atoms with E-state index in [0.717, 1.165) is 15.8 Å². The standard InChI is InChI=1S/C20H20BrN3O3/c1-13(2)24(20(25)16-6-4-5-7-17(16)21)12-18-22-19(23-27-18)14-8-10-15(26-3)11-9-14/h4-11,13H,12H2,1-3H3. The number of nitrogens with zero attached hydrogens (tertiary/aromatic N) is 3. The Labute approximate surface area is 166 Å². The summed E-state index contributed by atoms with van der Waals surface area (Å²) in [5, 5.41) is 4.03. The van der Waals surface area contributed by atoms with E-state index in [1.54, 1.807) is 18.1 Å². The summed E-state index contributed by atoms with van der Waals surface area (Å²) in [5.74, 6) is 1.52. The highest BCUT2D eigenvalue weighted by molar-refractivity contribution is 9.10. The van der Waals surface area contributed by atoms with E-state index < -0.39 is 0 Å². The Morgan fingerprint density at radius 3 is 2.52 bits per heavy atom. The molecule has 27 heavy (non-hydrogen) atoms. The van der Waals surface area contributed by atoms with Crippen LogP contribution in [0.25, 0.3) is 11.4 Å². The van der Waals surface area contributed by atoms with Gasteiger partial charge in [0, 0.05) is 16.1 Å². The molecule has 3 aromatic rings. The number of halogens is 1. The molecule has 0 atom stereocenters. The summed E-state index contributed by atoms with van der Waals surface area (Å²) in [7, 11) is 1.62. The highest BCUT2D eigenvalue weighted by Crippen LogP contribution is 2.22. The smallest absolute Gasteiger partial charge is 0.255 e. The first-order valence-corrected chi connectivity index (χ1v) is 9.31. The Balaban J connectivity index is 1.80. The van der Waals surface area contributed by atoms with Crippen molar-refractivity contribution in [2.75, 3.05) is 7.11 Å². The average Bonchev–Trinajstić information content (AvgIpc) is 3.14. The van der Waals surface area contributed by atoms with Gasteiger partial charge in [-0.2, -0.15) is 4.98 Å². The zero-order valence-corrected chi connectivity index (χ0v) is 16.9. The van der Waals surface area contributed by atoms with Crippen LogP contribution in [0.2, 0.25) is 0 Å². The molecule has 0 saturated heterocycles. The van der Waals surface area contributed by atoms with E-state index in [-0.39, 0.29) is 18.5 Å². The summed E-state index contributed by atoms with van der Waals surface area (Å²) in [5.41, 5.74) is 1.42. The van der Waals surface area contributed by atoms with Crippen molar-refractivity contribution in [3.63, 3.8) is 0 Å². The monoisotopic (exact) mass is 429 g/mol. The Morgan fingerprint density at radius 2 is 1.89 bits per heavy atom. The van der Waals surface area contributed by atoms with Crippen LogP contribution < -0.4 is 4.74 Å². The number of hydrogen-bond acceptors (Lipinski definition) is 5. The van der Waals surface area contributed by atoms with Crippen molar-refractivity contribution < 1.29 is 14.1 Å². The first-order chi connectivity index (χ1) is 13.0. The zero-order valence-electron chi connectivity index (χ0n) is 15.3. The summed E-state index contributed by atoms with van der Waals surface area (Å²) in [6.07, 6.45) is 0. The van der Waals surface area contributed by atoms with E-state index in [9.17, 15) is 4.79 Å². The first-order valence-electron chi connectivity index (χ1n) is 8.52. The molecule has 2 aromatic carbocycles. The molecule has 0 aliphatic carbocycles. The maximum Gasteiger partial charge on any atom is 0.255 e. The van der Waals surface area contributed by atoms with E-state index >= 15 is 0 Å². The van der Waals surface area contributed by atoms with Crippen molar-refractivity contribution in [3.8, 4) is 17.1 Å². The highest BCUT2D eigenvalue weighted by Gasteiger charge is 2.23. The molecule has 0 bridgehead atoms. The predicted octanol–water partition coefficient (Wildman–Crippen LogP) is 4.56. The molecule has 0 unspecified atom stereocenters. The molecule has 3 rings (SSSR count). The lowest BCUT2D eigenvalue weighted by atomic mass is 10.1. The van der Waals surface area contributed by atoms with Crippen LogP contribution in [0.15, 0.2) is 57.5 Å². The van der Waals surface area contributed by atoms with Crippen LogP contribution in [0.3, 0.4) is 0 Å². The largest absolute Gasteiger partial charge is 0.497 e. The second-order valence-electron chi connectivity index (χ2n) is 6.25. The van der Waals surface area contributed by atoms with E-state index in [1.807, 2.05) is 56.3 Å². The van der Waals surface area contributed by atoms with Crippen molar-refractivity contribution in [3.05, 3.63) is 64.5 Å². The Kier molecular flexibility index (Phi) is 5.91. The van der Waals surface area contributed by atoms with Gasteiger partial charge in [-0.25, -0.2) is 0 Å². The SMILES string of the molecule is COc1ccc(-c2noc(CN(C(=O)c3ccccc3Br)C(C)C)n2)cc1. The van der Waals surface area contributed by atoms with Crippen LogP contribution in [0, 0.1) is 0 Å². The molecular formula is C20H20BrN3O3. The Hall–Kier alpha value is -2.67. The van der Waals surface area contributed by atoms with Gasteiger partial charge in [-0.15, -0.1) is 0 Å². The molecule has 0 saturated carbocycles. The van der Waals surface area contributed by atoms with E-state index in [0.29, 0.717) is 17.3 Å². The van der Waals surface area contributed by atoms with Crippen molar-refractivity contribution in [2.45, 2.75) is 26.4 Å². The molecule has 0 aliphatic rings. The summed E-state index contributed by atoms with van der Waals surface area (Å²) in [6, 6.07) is 14.7. The van der Waals surface area contributed by atoms with Gasteiger partial charge >= 0.3 is 0 Å². The van der Waals surface area contributed by atoms with Crippen LogP contribution in [-0.2, 0) is 6.54 Å². The summed E-state index contributed by atoms with van der Waals surface area (Å²) in [4.78, 5) is 19.1. The number of ether oxygens (including phenoxy) is 1. The van der Waals surface area contributed by atoms with Crippen LogP contribution >= 0.6 is 15.9 Å². The molecule has 6 nitrogen and oxygen atoms in total. The lowest BCUT2D eigenvalue weighted by Crippen LogP contribution is -2.36. The van der Waals surface area contributed by atoms with Gasteiger partial charge in [0.25, 0.3) is 5.91 Å². The molecule has 1 heterocycles. The average molecular weight is 430 g/mol. The number of benzene rings is 2. The number of rotatable bonds is 6. The third-order valence-corrected chi connectivity index (χ3v) is 4.80. The summed E-state index contributed by atoms with van der Waals surface area (Å²) in [6.45, 7) is 4.14. The van der Waals surface area contributed by atoms with Crippen molar-refractivity contribution in [1.82, 2.24) is 15.0 Å². The Bertz CT molecular complexity index is 922. The quantitative estimate of drug-likeness (QED) is 0.574. The van der Waals surface area contributed by atoms with Crippen LogP contribution in [0.5, 0.6) is 5.75 Å². The fraction of sp³-hybridized carbons (Fsp3) is 0.250. The number of amides is 1. The molecule has 0 N–H and O–H groups in total. The third-order valence-electron chi connectivity index (χ3n) is 4.11. The molecule has 0 aliphatic heterocycles. The highest BCUT2D eigenvalue weighted by atomic mass is 79.9. The van der Waals surface area contributed by atoms with Crippen molar-refractivity contribution >= 4 is 21.8 Å². The van der Waals surface area contributed by atoms with Gasteiger partial charge < -0.3 is 14.2 Å². The third kappa shape index (κ3) is 4.36. The minimum atomic E-state index is -0.0957. The molecule has 1 amide bonds. The van der Waals surface area contributed by atoms with Gasteiger partial charge in [-0.1, -0.05) is 17.3 Å². The fourth-order valence-corrected chi connectivity index (χ4v) is 3.05.